The molecule has 0 aliphatic carbocycles. The summed E-state index contributed by atoms with van der Waals surface area (Å²) >= 11 is 0. The van der Waals surface area contributed by atoms with Crippen LogP contribution in [-0.2, 0) is 6.42 Å². The van der Waals surface area contributed by atoms with Crippen LogP contribution in [0.15, 0.2) is 36.5 Å². The van der Waals surface area contributed by atoms with Crippen molar-refractivity contribution in [3.63, 3.8) is 0 Å². The summed E-state index contributed by atoms with van der Waals surface area (Å²) in [5, 5.41) is 0. The van der Waals surface area contributed by atoms with Crippen LogP contribution >= 0.6 is 0 Å². The van der Waals surface area contributed by atoms with E-state index in [1.54, 1.807) is 13.3 Å². The normalized spacial score (nSPS) is 12.2. The molecular formula is C14H17N3O. The summed E-state index contributed by atoms with van der Waals surface area (Å²) in [6.45, 7) is 1.86. The molecule has 2 rings (SSSR count). The molecule has 0 spiro atoms. The van der Waals surface area contributed by atoms with E-state index in [0.717, 1.165) is 22.8 Å². The van der Waals surface area contributed by atoms with E-state index in [1.165, 1.54) is 0 Å². The number of nitrogens with zero attached hydrogens (tertiary/aromatic N) is 2. The van der Waals surface area contributed by atoms with Gasteiger partial charge >= 0.3 is 0 Å². The van der Waals surface area contributed by atoms with Crippen LogP contribution in [0.2, 0.25) is 0 Å². The maximum atomic E-state index is 6.17. The summed E-state index contributed by atoms with van der Waals surface area (Å²) in [5.41, 5.74) is 8.12. The molecular weight excluding hydrogens is 226 g/mol. The van der Waals surface area contributed by atoms with Crippen molar-refractivity contribution in [1.29, 1.82) is 0 Å². The van der Waals surface area contributed by atoms with E-state index in [1.807, 2.05) is 37.3 Å². The Morgan fingerprint density at radius 1 is 1.28 bits per heavy atom. The number of methoxy groups -OCH3 is 1. The second-order valence-corrected chi connectivity index (χ2v) is 4.15. The number of benzene rings is 1. The molecule has 1 aromatic carbocycles. The van der Waals surface area contributed by atoms with Crippen LogP contribution in [0.3, 0.4) is 0 Å². The van der Waals surface area contributed by atoms with Gasteiger partial charge in [-0.15, -0.1) is 0 Å². The first-order chi connectivity index (χ1) is 8.70. The van der Waals surface area contributed by atoms with Crippen molar-refractivity contribution >= 4 is 0 Å². The van der Waals surface area contributed by atoms with Crippen molar-refractivity contribution in [2.24, 2.45) is 5.73 Å². The molecule has 0 aliphatic heterocycles. The monoisotopic (exact) mass is 243 g/mol. The highest BCUT2D eigenvalue weighted by Crippen LogP contribution is 2.22. The van der Waals surface area contributed by atoms with Gasteiger partial charge in [0.1, 0.15) is 11.6 Å². The largest absolute Gasteiger partial charge is 0.496 e. The van der Waals surface area contributed by atoms with E-state index < -0.39 is 0 Å². The number of hydrogen-bond donors (Lipinski definition) is 1. The topological polar surface area (TPSA) is 61.0 Å². The van der Waals surface area contributed by atoms with Crippen LogP contribution in [-0.4, -0.2) is 17.1 Å². The average Bonchev–Trinajstić information content (AvgIpc) is 2.39. The van der Waals surface area contributed by atoms with Gasteiger partial charge < -0.3 is 10.5 Å². The lowest BCUT2D eigenvalue weighted by molar-refractivity contribution is 0.408. The number of nitrogens with two attached hydrogens (primary N) is 1. The Morgan fingerprint density at radius 3 is 2.78 bits per heavy atom. The lowest BCUT2D eigenvalue weighted by Gasteiger charge is -2.13. The lowest BCUT2D eigenvalue weighted by atomic mass is 10.0. The minimum Gasteiger partial charge on any atom is -0.496 e. The van der Waals surface area contributed by atoms with Crippen molar-refractivity contribution in [1.82, 2.24) is 9.97 Å². The highest BCUT2D eigenvalue weighted by Gasteiger charge is 2.11. The molecule has 4 nitrogen and oxygen atoms in total. The standard InChI is InChI=1S/C14H17N3O/c1-10-16-8-7-13(17-10)12(15)9-11-5-3-4-6-14(11)18-2/h3-8,12H,9,15H2,1-2H3. The molecule has 1 unspecified atom stereocenters. The van der Waals surface area contributed by atoms with Gasteiger partial charge in [-0.25, -0.2) is 9.97 Å². The van der Waals surface area contributed by atoms with Gasteiger partial charge in [0.25, 0.3) is 0 Å². The van der Waals surface area contributed by atoms with Crippen molar-refractivity contribution in [3.8, 4) is 5.75 Å². The zero-order valence-corrected chi connectivity index (χ0v) is 10.6. The third-order valence-electron chi connectivity index (χ3n) is 2.81. The second-order valence-electron chi connectivity index (χ2n) is 4.15. The van der Waals surface area contributed by atoms with Crippen molar-refractivity contribution in [2.45, 2.75) is 19.4 Å². The summed E-state index contributed by atoms with van der Waals surface area (Å²) in [6, 6.07) is 9.59. The van der Waals surface area contributed by atoms with Gasteiger partial charge in [0.15, 0.2) is 0 Å². The van der Waals surface area contributed by atoms with Gasteiger partial charge in [0, 0.05) is 6.20 Å². The van der Waals surface area contributed by atoms with Crippen molar-refractivity contribution in [2.75, 3.05) is 7.11 Å². The van der Waals surface area contributed by atoms with E-state index in [2.05, 4.69) is 9.97 Å². The van der Waals surface area contributed by atoms with Crippen LogP contribution in [0.4, 0.5) is 0 Å². The Kier molecular flexibility index (Phi) is 3.89. The quantitative estimate of drug-likeness (QED) is 0.892. The number of para-hydroxylation sites is 1. The molecule has 2 N–H and O–H groups in total. The molecule has 0 fully saturated rings. The van der Waals surface area contributed by atoms with Crippen molar-refractivity contribution < 1.29 is 4.74 Å². The summed E-state index contributed by atoms with van der Waals surface area (Å²) in [4.78, 5) is 8.42. The van der Waals surface area contributed by atoms with E-state index >= 15 is 0 Å². The molecule has 0 radical (unpaired) electrons. The molecule has 0 saturated carbocycles. The molecule has 1 atom stereocenters. The van der Waals surface area contributed by atoms with Gasteiger partial charge in [0.05, 0.1) is 18.8 Å². The predicted octanol–water partition coefficient (Wildman–Crippen LogP) is 2.04. The van der Waals surface area contributed by atoms with Crippen LogP contribution in [0.25, 0.3) is 0 Å². The first-order valence-electron chi connectivity index (χ1n) is 5.87. The average molecular weight is 243 g/mol. The molecule has 0 aliphatic rings. The van der Waals surface area contributed by atoms with Crippen LogP contribution in [0.5, 0.6) is 5.75 Å². The van der Waals surface area contributed by atoms with E-state index in [0.29, 0.717) is 6.42 Å². The number of rotatable bonds is 4. The molecule has 1 heterocycles. The molecule has 2 aromatic rings. The Labute approximate surface area is 107 Å². The molecule has 4 heteroatoms. The van der Waals surface area contributed by atoms with Crippen LogP contribution in [0.1, 0.15) is 23.1 Å². The number of aromatic nitrogens is 2. The lowest BCUT2D eigenvalue weighted by Crippen LogP contribution is -2.16. The molecule has 0 saturated heterocycles. The third-order valence-corrected chi connectivity index (χ3v) is 2.81. The van der Waals surface area contributed by atoms with Crippen LogP contribution in [0, 0.1) is 6.92 Å². The fraction of sp³-hybridized carbons (Fsp3) is 0.286. The highest BCUT2D eigenvalue weighted by atomic mass is 16.5. The van der Waals surface area contributed by atoms with Gasteiger partial charge in [0.2, 0.25) is 0 Å². The minimum absolute atomic E-state index is 0.150. The maximum absolute atomic E-state index is 6.17. The fourth-order valence-electron chi connectivity index (χ4n) is 1.89. The summed E-state index contributed by atoms with van der Waals surface area (Å²) in [5.74, 6) is 1.60. The fourth-order valence-corrected chi connectivity index (χ4v) is 1.89. The molecule has 0 bridgehead atoms. The summed E-state index contributed by atoms with van der Waals surface area (Å²) in [6.07, 6.45) is 2.43. The Hall–Kier alpha value is -1.94. The smallest absolute Gasteiger partial charge is 0.125 e. The zero-order valence-electron chi connectivity index (χ0n) is 10.6. The number of aryl methyl sites for hydroxylation is 1. The van der Waals surface area contributed by atoms with E-state index in [4.69, 9.17) is 10.5 Å². The maximum Gasteiger partial charge on any atom is 0.125 e. The van der Waals surface area contributed by atoms with Gasteiger partial charge in [-0.2, -0.15) is 0 Å². The van der Waals surface area contributed by atoms with Crippen LogP contribution < -0.4 is 10.5 Å². The van der Waals surface area contributed by atoms with E-state index in [-0.39, 0.29) is 6.04 Å². The summed E-state index contributed by atoms with van der Waals surface area (Å²) in [7, 11) is 1.67. The van der Waals surface area contributed by atoms with Gasteiger partial charge in [-0.1, -0.05) is 18.2 Å². The number of ether oxygens (including phenoxy) is 1. The minimum atomic E-state index is -0.150. The summed E-state index contributed by atoms with van der Waals surface area (Å²) < 4.78 is 5.32. The van der Waals surface area contributed by atoms with Gasteiger partial charge in [-0.3, -0.25) is 0 Å². The predicted molar refractivity (Wildman–Crippen MR) is 70.4 cm³/mol. The molecule has 18 heavy (non-hydrogen) atoms. The second kappa shape index (κ2) is 5.60. The molecule has 94 valence electrons. The van der Waals surface area contributed by atoms with E-state index in [9.17, 15) is 0 Å². The SMILES string of the molecule is COc1ccccc1CC(N)c1ccnc(C)n1. The molecule has 0 amide bonds. The Morgan fingerprint density at radius 2 is 2.06 bits per heavy atom. The first kappa shape index (κ1) is 12.5. The zero-order chi connectivity index (χ0) is 13.0. The number of hydrogen-bond acceptors (Lipinski definition) is 4. The van der Waals surface area contributed by atoms with Gasteiger partial charge in [-0.05, 0) is 31.0 Å². The first-order valence-corrected chi connectivity index (χ1v) is 5.87. The third kappa shape index (κ3) is 2.84. The Bertz CT molecular complexity index is 528. The van der Waals surface area contributed by atoms with Crippen molar-refractivity contribution in [3.05, 3.63) is 53.6 Å². The highest BCUT2D eigenvalue weighted by molar-refractivity contribution is 5.34. The molecule has 1 aromatic heterocycles. The Balaban J connectivity index is 2.18.